The first-order chi connectivity index (χ1) is 14.0. The molecule has 29 heavy (non-hydrogen) atoms. The van der Waals surface area contributed by atoms with Gasteiger partial charge in [-0.3, -0.25) is 14.3 Å². The van der Waals surface area contributed by atoms with Crippen LogP contribution in [0.1, 0.15) is 17.5 Å². The van der Waals surface area contributed by atoms with E-state index in [1.54, 1.807) is 29.1 Å². The fourth-order valence-electron chi connectivity index (χ4n) is 3.12. The van der Waals surface area contributed by atoms with Gasteiger partial charge in [0.2, 0.25) is 5.91 Å². The lowest BCUT2D eigenvalue weighted by Crippen LogP contribution is -2.39. The molecule has 0 spiro atoms. The fraction of sp³-hybridized carbons (Fsp3) is 0.190. The van der Waals surface area contributed by atoms with Crippen LogP contribution in [0, 0.1) is 12.7 Å². The molecule has 1 aliphatic rings. The van der Waals surface area contributed by atoms with E-state index in [4.69, 9.17) is 4.74 Å². The van der Waals surface area contributed by atoms with Crippen LogP contribution < -0.4 is 15.4 Å². The summed E-state index contributed by atoms with van der Waals surface area (Å²) in [4.78, 5) is 24.6. The van der Waals surface area contributed by atoms with Crippen LogP contribution in [0.2, 0.25) is 0 Å². The molecule has 1 aromatic heterocycles. The van der Waals surface area contributed by atoms with Crippen LogP contribution >= 0.6 is 0 Å². The molecule has 148 valence electrons. The van der Waals surface area contributed by atoms with E-state index in [0.29, 0.717) is 23.7 Å². The van der Waals surface area contributed by atoms with Gasteiger partial charge in [0.25, 0.3) is 5.91 Å². The minimum absolute atomic E-state index is 0.131. The minimum Gasteiger partial charge on any atom is -0.478 e. The smallest absolute Gasteiger partial charge is 0.266 e. The normalized spacial score (nSPS) is 15.2. The number of aromatic nitrogens is 2. The van der Waals surface area contributed by atoms with E-state index in [2.05, 4.69) is 15.7 Å². The molecule has 0 radical (unpaired) electrons. The van der Waals surface area contributed by atoms with Gasteiger partial charge in [0.1, 0.15) is 11.6 Å². The number of anilines is 2. The number of ether oxygens (including phenoxy) is 1. The summed E-state index contributed by atoms with van der Waals surface area (Å²) in [7, 11) is 0. The highest BCUT2D eigenvalue weighted by Crippen LogP contribution is 2.31. The second-order valence-corrected chi connectivity index (χ2v) is 6.90. The van der Waals surface area contributed by atoms with Crippen molar-refractivity contribution < 1.29 is 18.7 Å². The molecular formula is C21H19FN4O3. The van der Waals surface area contributed by atoms with Crippen molar-refractivity contribution in [3.05, 3.63) is 71.8 Å². The maximum absolute atomic E-state index is 13.3. The molecule has 2 aromatic carbocycles. The van der Waals surface area contributed by atoms with Crippen LogP contribution in [0.5, 0.6) is 5.75 Å². The van der Waals surface area contributed by atoms with Crippen molar-refractivity contribution in [3.8, 4) is 5.75 Å². The molecule has 0 saturated carbocycles. The highest BCUT2D eigenvalue weighted by Gasteiger charge is 2.29. The molecule has 7 nitrogen and oxygen atoms in total. The second-order valence-electron chi connectivity index (χ2n) is 6.90. The third kappa shape index (κ3) is 4.43. The fourth-order valence-corrected chi connectivity index (χ4v) is 3.12. The Labute approximate surface area is 166 Å². The van der Waals surface area contributed by atoms with E-state index in [9.17, 15) is 14.0 Å². The Hall–Kier alpha value is -3.68. The standard InChI is InChI=1S/C21H19FN4O3/c1-13-5-6-18-17(7-13)25-21(28)19(29-18)9-20(27)24-16-10-23-26(12-16)11-14-3-2-4-15(22)8-14/h2-8,10,12,19H,9,11H2,1H3,(H,24,27)(H,25,28). The molecule has 0 fully saturated rings. The van der Waals surface area contributed by atoms with E-state index in [-0.39, 0.29) is 24.1 Å². The molecule has 0 saturated heterocycles. The maximum atomic E-state index is 13.3. The number of hydrogen-bond donors (Lipinski definition) is 2. The van der Waals surface area contributed by atoms with Crippen molar-refractivity contribution in [2.24, 2.45) is 0 Å². The molecule has 0 bridgehead atoms. The molecule has 1 aliphatic heterocycles. The molecule has 1 atom stereocenters. The van der Waals surface area contributed by atoms with Gasteiger partial charge in [0, 0.05) is 6.20 Å². The number of nitrogens with zero attached hydrogens (tertiary/aromatic N) is 2. The van der Waals surface area contributed by atoms with E-state index in [1.807, 2.05) is 19.1 Å². The highest BCUT2D eigenvalue weighted by atomic mass is 19.1. The van der Waals surface area contributed by atoms with Crippen LogP contribution in [0.3, 0.4) is 0 Å². The number of aryl methyl sites for hydroxylation is 1. The Kier molecular flexibility index (Phi) is 4.99. The number of amides is 2. The van der Waals surface area contributed by atoms with Gasteiger partial charge < -0.3 is 15.4 Å². The lowest BCUT2D eigenvalue weighted by molar-refractivity contribution is -0.128. The van der Waals surface area contributed by atoms with E-state index < -0.39 is 6.10 Å². The van der Waals surface area contributed by atoms with Gasteiger partial charge in [0.05, 0.1) is 30.5 Å². The number of carbonyl (C=O) groups is 2. The van der Waals surface area contributed by atoms with Crippen LogP contribution in [0.15, 0.2) is 54.9 Å². The van der Waals surface area contributed by atoms with Crippen LogP contribution in [0.25, 0.3) is 0 Å². The van der Waals surface area contributed by atoms with Crippen molar-refractivity contribution in [1.82, 2.24) is 9.78 Å². The quantitative estimate of drug-likeness (QED) is 0.696. The predicted octanol–water partition coefficient (Wildman–Crippen LogP) is 3.11. The third-order valence-electron chi connectivity index (χ3n) is 4.48. The summed E-state index contributed by atoms with van der Waals surface area (Å²) < 4.78 is 20.5. The average Bonchev–Trinajstić information content (AvgIpc) is 3.09. The highest BCUT2D eigenvalue weighted by molar-refractivity contribution is 6.02. The molecule has 3 aromatic rings. The molecule has 8 heteroatoms. The summed E-state index contributed by atoms with van der Waals surface area (Å²) in [5.74, 6) is -0.507. The summed E-state index contributed by atoms with van der Waals surface area (Å²) in [6, 6.07) is 11.7. The van der Waals surface area contributed by atoms with E-state index in [0.717, 1.165) is 11.1 Å². The summed E-state index contributed by atoms with van der Waals surface area (Å²) in [6.07, 6.45) is 2.10. The summed E-state index contributed by atoms with van der Waals surface area (Å²) in [5, 5.41) is 9.63. The van der Waals surface area contributed by atoms with Gasteiger partial charge in [-0.05, 0) is 42.3 Å². The Morgan fingerprint density at radius 2 is 2.17 bits per heavy atom. The van der Waals surface area contributed by atoms with Gasteiger partial charge in [-0.1, -0.05) is 18.2 Å². The molecule has 4 rings (SSSR count). The predicted molar refractivity (Wildman–Crippen MR) is 105 cm³/mol. The first kappa shape index (κ1) is 18.7. The zero-order valence-electron chi connectivity index (χ0n) is 15.7. The lowest BCUT2D eigenvalue weighted by Gasteiger charge is -2.25. The topological polar surface area (TPSA) is 85.3 Å². The number of nitrogens with one attached hydrogen (secondary N) is 2. The van der Waals surface area contributed by atoms with Gasteiger partial charge in [-0.25, -0.2) is 4.39 Å². The van der Waals surface area contributed by atoms with Crippen LogP contribution in [-0.4, -0.2) is 27.7 Å². The monoisotopic (exact) mass is 394 g/mol. The van der Waals surface area contributed by atoms with Gasteiger partial charge in [-0.15, -0.1) is 0 Å². The first-order valence-electron chi connectivity index (χ1n) is 9.11. The Morgan fingerprint density at radius 1 is 1.31 bits per heavy atom. The lowest BCUT2D eigenvalue weighted by atomic mass is 10.1. The second kappa shape index (κ2) is 7.75. The minimum atomic E-state index is -0.910. The molecule has 0 aliphatic carbocycles. The van der Waals surface area contributed by atoms with Crippen molar-refractivity contribution in [2.45, 2.75) is 26.0 Å². The third-order valence-corrected chi connectivity index (χ3v) is 4.48. The molecular weight excluding hydrogens is 375 g/mol. The zero-order valence-corrected chi connectivity index (χ0v) is 15.7. The van der Waals surface area contributed by atoms with Crippen molar-refractivity contribution in [2.75, 3.05) is 10.6 Å². The van der Waals surface area contributed by atoms with Crippen LogP contribution in [0.4, 0.5) is 15.8 Å². The van der Waals surface area contributed by atoms with Gasteiger partial charge in [-0.2, -0.15) is 5.10 Å². The largest absolute Gasteiger partial charge is 0.478 e. The summed E-state index contributed by atoms with van der Waals surface area (Å²) in [6.45, 7) is 2.29. The summed E-state index contributed by atoms with van der Waals surface area (Å²) in [5.41, 5.74) is 2.84. The average molecular weight is 394 g/mol. The molecule has 2 heterocycles. The van der Waals surface area contributed by atoms with Crippen molar-refractivity contribution >= 4 is 23.2 Å². The van der Waals surface area contributed by atoms with Gasteiger partial charge in [0.15, 0.2) is 6.10 Å². The Balaban J connectivity index is 1.36. The van der Waals surface area contributed by atoms with Crippen molar-refractivity contribution in [1.29, 1.82) is 0 Å². The zero-order chi connectivity index (χ0) is 20.4. The van der Waals surface area contributed by atoms with Gasteiger partial charge >= 0.3 is 0 Å². The van der Waals surface area contributed by atoms with Crippen molar-refractivity contribution in [3.63, 3.8) is 0 Å². The van der Waals surface area contributed by atoms with E-state index in [1.165, 1.54) is 18.3 Å². The van der Waals surface area contributed by atoms with E-state index >= 15 is 0 Å². The number of rotatable bonds is 5. The Bertz CT molecular complexity index is 1080. The number of benzene rings is 2. The number of carbonyl (C=O) groups excluding carboxylic acids is 2. The Morgan fingerprint density at radius 3 is 3.00 bits per heavy atom. The first-order valence-corrected chi connectivity index (χ1v) is 9.11. The SMILES string of the molecule is Cc1ccc2c(c1)NC(=O)C(CC(=O)Nc1cnn(Cc3cccc(F)c3)c1)O2. The molecule has 2 amide bonds. The molecule has 1 unspecified atom stereocenters. The summed E-state index contributed by atoms with van der Waals surface area (Å²) >= 11 is 0. The van der Waals surface area contributed by atoms with Crippen LogP contribution in [-0.2, 0) is 16.1 Å². The number of halogens is 1. The number of hydrogen-bond acceptors (Lipinski definition) is 4. The molecule has 2 N–H and O–H groups in total. The maximum Gasteiger partial charge on any atom is 0.266 e. The number of fused-ring (bicyclic) bond motifs is 1.